The topological polar surface area (TPSA) is 59.1 Å². The van der Waals surface area contributed by atoms with Gasteiger partial charge in [-0.15, -0.1) is 0 Å². The van der Waals surface area contributed by atoms with Crippen LogP contribution in [0.1, 0.15) is 34.7 Å². The van der Waals surface area contributed by atoms with Gasteiger partial charge in [0.05, 0.1) is 44.5 Å². The van der Waals surface area contributed by atoms with E-state index in [1.807, 2.05) is 38.1 Å². The molecular formula is C22H32N3O3+. The van der Waals surface area contributed by atoms with Crippen LogP contribution < -0.4 is 9.80 Å². The fraction of sp³-hybridized carbons (Fsp3) is 0.500. The summed E-state index contributed by atoms with van der Waals surface area (Å²) in [6, 6.07) is 9.67. The van der Waals surface area contributed by atoms with E-state index in [2.05, 4.69) is 16.4 Å². The zero-order valence-corrected chi connectivity index (χ0v) is 17.4. The van der Waals surface area contributed by atoms with E-state index in [9.17, 15) is 9.90 Å². The second-order valence-corrected chi connectivity index (χ2v) is 7.78. The third-order valence-corrected chi connectivity index (χ3v) is 5.74. The lowest BCUT2D eigenvalue weighted by Gasteiger charge is -2.33. The Hall–Kier alpha value is -2.31. The van der Waals surface area contributed by atoms with Crippen molar-refractivity contribution in [1.29, 1.82) is 0 Å². The molecule has 2 heterocycles. The largest absolute Gasteiger partial charge is 0.506 e. The Labute approximate surface area is 167 Å². The van der Waals surface area contributed by atoms with Crippen molar-refractivity contribution in [3.8, 4) is 5.75 Å². The van der Waals surface area contributed by atoms with Gasteiger partial charge in [0.2, 0.25) is 5.78 Å². The molecule has 152 valence electrons. The highest BCUT2D eigenvalue weighted by molar-refractivity contribution is 5.98. The van der Waals surface area contributed by atoms with E-state index < -0.39 is 0 Å². The number of anilines is 1. The van der Waals surface area contributed by atoms with E-state index >= 15 is 0 Å². The molecule has 0 radical (unpaired) electrons. The Kier molecular flexibility index (Phi) is 6.42. The molecule has 3 rings (SSSR count). The summed E-state index contributed by atoms with van der Waals surface area (Å²) in [6.07, 6.45) is 0. The maximum Gasteiger partial charge on any atom is 0.218 e. The summed E-state index contributed by atoms with van der Waals surface area (Å²) in [7, 11) is 1.70. The number of hydrogen-bond acceptors (Lipinski definition) is 4. The predicted molar refractivity (Wildman–Crippen MR) is 111 cm³/mol. The number of nitrogens with zero attached hydrogens (tertiary/aromatic N) is 2. The number of Topliss-reactive ketones (excluding diaryl/α,β-unsaturated/α-hetero) is 1. The molecule has 0 aliphatic carbocycles. The summed E-state index contributed by atoms with van der Waals surface area (Å²) < 4.78 is 7.48. The molecule has 0 amide bonds. The molecule has 1 atom stereocenters. The van der Waals surface area contributed by atoms with E-state index in [1.165, 1.54) is 4.90 Å². The van der Waals surface area contributed by atoms with E-state index in [1.54, 1.807) is 13.2 Å². The van der Waals surface area contributed by atoms with Crippen LogP contribution in [0.4, 0.5) is 5.69 Å². The average molecular weight is 387 g/mol. The predicted octanol–water partition coefficient (Wildman–Crippen LogP) is 1.61. The number of quaternary nitrogens is 1. The van der Waals surface area contributed by atoms with Gasteiger partial charge in [-0.25, -0.2) is 0 Å². The lowest BCUT2D eigenvalue weighted by molar-refractivity contribution is -0.892. The van der Waals surface area contributed by atoms with Crippen molar-refractivity contribution in [2.45, 2.75) is 26.8 Å². The minimum atomic E-state index is 0.204. The van der Waals surface area contributed by atoms with Gasteiger partial charge in [0.15, 0.2) is 0 Å². The molecule has 0 saturated carbocycles. The van der Waals surface area contributed by atoms with Gasteiger partial charge in [-0.3, -0.25) is 4.79 Å². The highest BCUT2D eigenvalue weighted by Gasteiger charge is 2.26. The fourth-order valence-electron chi connectivity index (χ4n) is 4.35. The van der Waals surface area contributed by atoms with E-state index in [-0.39, 0.29) is 11.8 Å². The highest BCUT2D eigenvalue weighted by Crippen LogP contribution is 2.26. The van der Waals surface area contributed by atoms with Crippen molar-refractivity contribution in [1.82, 2.24) is 4.57 Å². The van der Waals surface area contributed by atoms with Crippen LogP contribution in [-0.4, -0.2) is 61.9 Å². The molecule has 2 aromatic rings. The van der Waals surface area contributed by atoms with E-state index in [0.29, 0.717) is 18.9 Å². The monoisotopic (exact) mass is 386 g/mol. The highest BCUT2D eigenvalue weighted by atomic mass is 16.5. The average Bonchev–Trinajstić information content (AvgIpc) is 2.97. The molecule has 1 saturated heterocycles. The first-order chi connectivity index (χ1) is 13.4. The number of aromatic nitrogens is 1. The summed E-state index contributed by atoms with van der Waals surface area (Å²) in [5, 5.41) is 10.1. The third-order valence-electron chi connectivity index (χ3n) is 5.74. The van der Waals surface area contributed by atoms with Crippen LogP contribution in [0, 0.1) is 13.8 Å². The molecule has 6 nitrogen and oxygen atoms in total. The van der Waals surface area contributed by atoms with Gasteiger partial charge in [0, 0.05) is 24.1 Å². The first kappa shape index (κ1) is 20.4. The van der Waals surface area contributed by atoms with Crippen molar-refractivity contribution in [3.05, 3.63) is 47.3 Å². The molecule has 1 aromatic heterocycles. The number of aryl methyl sites for hydroxylation is 1. The molecule has 0 spiro atoms. The Balaban J connectivity index is 1.62. The molecule has 1 aromatic carbocycles. The quantitative estimate of drug-likeness (QED) is 0.710. The maximum absolute atomic E-state index is 13.0. The Bertz CT molecular complexity index is 822. The molecule has 0 unspecified atom stereocenters. The number of carbonyl (C=O) groups excluding carboxylic acids is 1. The molecule has 6 heteroatoms. The van der Waals surface area contributed by atoms with Gasteiger partial charge >= 0.3 is 0 Å². The Morgan fingerprint density at radius 2 is 1.93 bits per heavy atom. The summed E-state index contributed by atoms with van der Waals surface area (Å²) in [5.41, 5.74) is 3.84. The number of phenolic OH excluding ortho intramolecular Hbond substituents is 1. The number of phenols is 1. The SMILES string of the molecule is COC[C@H](C)n1c(C)cc(C(=O)C[NH+]2CCN(c3ccccc3O)CC2)c1C. The van der Waals surface area contributed by atoms with E-state index in [0.717, 1.165) is 48.8 Å². The second-order valence-electron chi connectivity index (χ2n) is 7.78. The van der Waals surface area contributed by atoms with Gasteiger partial charge in [-0.05, 0) is 39.0 Å². The number of benzene rings is 1. The van der Waals surface area contributed by atoms with Crippen molar-refractivity contribution in [2.24, 2.45) is 0 Å². The van der Waals surface area contributed by atoms with Gasteiger partial charge in [-0.1, -0.05) is 12.1 Å². The minimum absolute atomic E-state index is 0.204. The summed E-state index contributed by atoms with van der Waals surface area (Å²) >= 11 is 0. The molecule has 28 heavy (non-hydrogen) atoms. The Morgan fingerprint density at radius 3 is 2.57 bits per heavy atom. The van der Waals surface area contributed by atoms with Gasteiger partial charge < -0.3 is 24.2 Å². The summed E-state index contributed by atoms with van der Waals surface area (Å²) in [6.45, 7) is 10.8. The smallest absolute Gasteiger partial charge is 0.218 e. The molecule has 1 aliphatic rings. The van der Waals surface area contributed by atoms with Crippen LogP contribution in [0.15, 0.2) is 30.3 Å². The van der Waals surface area contributed by atoms with Crippen LogP contribution in [0.5, 0.6) is 5.75 Å². The van der Waals surface area contributed by atoms with Crippen molar-refractivity contribution in [3.63, 3.8) is 0 Å². The van der Waals surface area contributed by atoms with E-state index in [4.69, 9.17) is 4.74 Å². The first-order valence-corrected chi connectivity index (χ1v) is 9.99. The Morgan fingerprint density at radius 1 is 1.25 bits per heavy atom. The van der Waals surface area contributed by atoms with Gasteiger partial charge in [-0.2, -0.15) is 0 Å². The molecule has 2 N–H and O–H groups in total. The molecule has 1 fully saturated rings. The third kappa shape index (κ3) is 4.23. The molecule has 1 aliphatic heterocycles. The number of ether oxygens (including phenoxy) is 1. The molecule has 0 bridgehead atoms. The number of hydrogen-bond donors (Lipinski definition) is 2. The maximum atomic E-state index is 13.0. The number of para-hydroxylation sites is 2. The minimum Gasteiger partial charge on any atom is -0.506 e. The van der Waals surface area contributed by atoms with Crippen LogP contribution in [-0.2, 0) is 4.74 Å². The summed E-state index contributed by atoms with van der Waals surface area (Å²) in [4.78, 5) is 16.5. The van der Waals surface area contributed by atoms with Crippen LogP contribution in [0.2, 0.25) is 0 Å². The number of nitrogens with one attached hydrogen (secondary N) is 1. The van der Waals surface area contributed by atoms with Crippen LogP contribution in [0.3, 0.4) is 0 Å². The molecular weight excluding hydrogens is 354 g/mol. The normalized spacial score (nSPS) is 16.4. The first-order valence-electron chi connectivity index (χ1n) is 9.99. The summed E-state index contributed by atoms with van der Waals surface area (Å²) in [5.74, 6) is 0.523. The number of carbonyl (C=O) groups is 1. The number of ketones is 1. The zero-order valence-electron chi connectivity index (χ0n) is 17.4. The van der Waals surface area contributed by atoms with Gasteiger partial charge in [0.25, 0.3) is 0 Å². The lowest BCUT2D eigenvalue weighted by atomic mass is 10.1. The van der Waals surface area contributed by atoms with Crippen molar-refractivity contribution in [2.75, 3.05) is 51.3 Å². The number of rotatable bonds is 7. The fourth-order valence-corrected chi connectivity index (χ4v) is 4.35. The number of methoxy groups -OCH3 is 1. The number of aromatic hydroxyl groups is 1. The second kappa shape index (κ2) is 8.80. The van der Waals surface area contributed by atoms with Crippen LogP contribution >= 0.6 is 0 Å². The lowest BCUT2D eigenvalue weighted by Crippen LogP contribution is -3.15. The zero-order chi connectivity index (χ0) is 20.3. The standard InChI is InChI=1S/C22H31N3O3/c1-16-13-19(18(3)25(16)17(2)15-28-4)22(27)14-23-9-11-24(12-10-23)20-7-5-6-8-21(20)26/h5-8,13,17,26H,9-12,14-15H2,1-4H3/p+1/t17-/m0/s1. The van der Waals surface area contributed by atoms with Crippen molar-refractivity contribution < 1.29 is 19.5 Å². The van der Waals surface area contributed by atoms with Crippen molar-refractivity contribution >= 4 is 11.5 Å². The number of piperazine rings is 1. The van der Waals surface area contributed by atoms with Crippen LogP contribution in [0.25, 0.3) is 0 Å². The van der Waals surface area contributed by atoms with Gasteiger partial charge in [0.1, 0.15) is 12.3 Å².